The van der Waals surface area contributed by atoms with Gasteiger partial charge in [0, 0.05) is 5.02 Å². The van der Waals surface area contributed by atoms with Gasteiger partial charge in [0.05, 0.1) is 5.56 Å². The molecule has 0 aliphatic rings. The maximum atomic E-state index is 12.3. The molecule has 1 rings (SSSR count). The lowest BCUT2D eigenvalue weighted by molar-refractivity contribution is -0.138. The molecule has 0 saturated carbocycles. The minimum atomic E-state index is -4.29. The Hall–Kier alpha value is -0.700. The molecular formula is C9H8ClF3. The topological polar surface area (TPSA) is 0 Å². The first kappa shape index (κ1) is 10.4. The van der Waals surface area contributed by atoms with Crippen LogP contribution in [0, 0.1) is 13.8 Å². The van der Waals surface area contributed by atoms with Crippen LogP contribution in [0.25, 0.3) is 0 Å². The zero-order valence-electron chi connectivity index (χ0n) is 7.17. The third-order valence-corrected chi connectivity index (χ3v) is 2.44. The van der Waals surface area contributed by atoms with Crippen LogP contribution in [0.15, 0.2) is 12.1 Å². The van der Waals surface area contributed by atoms with Crippen molar-refractivity contribution in [1.82, 2.24) is 0 Å². The average Bonchev–Trinajstić information content (AvgIpc) is 1.98. The van der Waals surface area contributed by atoms with E-state index in [1.54, 1.807) is 6.92 Å². The first-order chi connectivity index (χ1) is 5.84. The van der Waals surface area contributed by atoms with E-state index in [9.17, 15) is 13.2 Å². The highest BCUT2D eigenvalue weighted by molar-refractivity contribution is 6.31. The summed E-state index contributed by atoms with van der Waals surface area (Å²) in [7, 11) is 0. The van der Waals surface area contributed by atoms with E-state index in [0.717, 1.165) is 6.07 Å². The maximum Gasteiger partial charge on any atom is 0.416 e. The molecular weight excluding hydrogens is 201 g/mol. The molecule has 0 spiro atoms. The summed E-state index contributed by atoms with van der Waals surface area (Å²) >= 11 is 5.67. The SMILES string of the molecule is Cc1c(Cl)ccc(C(F)(F)F)c1C. The van der Waals surface area contributed by atoms with Crippen molar-refractivity contribution < 1.29 is 13.2 Å². The second-order valence-electron chi connectivity index (χ2n) is 2.84. The summed E-state index contributed by atoms with van der Waals surface area (Å²) < 4.78 is 37.0. The van der Waals surface area contributed by atoms with Gasteiger partial charge in [0.25, 0.3) is 0 Å². The lowest BCUT2D eigenvalue weighted by Gasteiger charge is -2.12. The molecule has 0 aliphatic carbocycles. The largest absolute Gasteiger partial charge is 0.416 e. The fourth-order valence-electron chi connectivity index (χ4n) is 1.09. The Kier molecular flexibility index (Phi) is 2.57. The Morgan fingerprint density at radius 2 is 1.62 bits per heavy atom. The Morgan fingerprint density at radius 1 is 1.08 bits per heavy atom. The third-order valence-electron chi connectivity index (χ3n) is 2.03. The van der Waals surface area contributed by atoms with Crippen molar-refractivity contribution in [2.24, 2.45) is 0 Å². The number of hydrogen-bond donors (Lipinski definition) is 0. The fourth-order valence-corrected chi connectivity index (χ4v) is 1.30. The average molecular weight is 209 g/mol. The first-order valence-corrected chi connectivity index (χ1v) is 4.04. The molecule has 0 unspecified atom stereocenters. The number of rotatable bonds is 0. The smallest absolute Gasteiger partial charge is 0.166 e. The van der Waals surface area contributed by atoms with Gasteiger partial charge in [-0.2, -0.15) is 13.2 Å². The van der Waals surface area contributed by atoms with Crippen LogP contribution in [0.2, 0.25) is 5.02 Å². The summed E-state index contributed by atoms with van der Waals surface area (Å²) in [6.45, 7) is 3.00. The van der Waals surface area contributed by atoms with Gasteiger partial charge in [-0.1, -0.05) is 11.6 Å². The van der Waals surface area contributed by atoms with Gasteiger partial charge in [-0.3, -0.25) is 0 Å². The van der Waals surface area contributed by atoms with Crippen LogP contribution in [-0.2, 0) is 6.18 Å². The molecule has 0 saturated heterocycles. The van der Waals surface area contributed by atoms with Crippen molar-refractivity contribution in [2.75, 3.05) is 0 Å². The second kappa shape index (κ2) is 3.22. The van der Waals surface area contributed by atoms with E-state index in [0.29, 0.717) is 10.6 Å². The summed E-state index contributed by atoms with van der Waals surface area (Å²) in [5.74, 6) is 0. The Labute approximate surface area is 79.3 Å². The minimum absolute atomic E-state index is 0.194. The molecule has 0 bridgehead atoms. The van der Waals surface area contributed by atoms with Crippen LogP contribution in [0.5, 0.6) is 0 Å². The molecule has 0 atom stereocenters. The van der Waals surface area contributed by atoms with E-state index in [-0.39, 0.29) is 5.56 Å². The quantitative estimate of drug-likeness (QED) is 0.605. The van der Waals surface area contributed by atoms with E-state index in [1.807, 2.05) is 0 Å². The summed E-state index contributed by atoms with van der Waals surface area (Å²) in [4.78, 5) is 0. The van der Waals surface area contributed by atoms with Crippen molar-refractivity contribution in [1.29, 1.82) is 0 Å². The molecule has 13 heavy (non-hydrogen) atoms. The molecule has 1 aromatic carbocycles. The van der Waals surface area contributed by atoms with Gasteiger partial charge in [-0.15, -0.1) is 0 Å². The molecule has 0 heterocycles. The van der Waals surface area contributed by atoms with Gasteiger partial charge >= 0.3 is 6.18 Å². The number of alkyl halides is 3. The molecule has 0 amide bonds. The van der Waals surface area contributed by atoms with E-state index >= 15 is 0 Å². The third kappa shape index (κ3) is 1.97. The molecule has 4 heteroatoms. The lowest BCUT2D eigenvalue weighted by Crippen LogP contribution is -2.08. The molecule has 0 fully saturated rings. The zero-order chi connectivity index (χ0) is 10.2. The lowest BCUT2D eigenvalue weighted by atomic mass is 10.0. The van der Waals surface area contributed by atoms with Crippen LogP contribution in [0.4, 0.5) is 13.2 Å². The van der Waals surface area contributed by atoms with Gasteiger partial charge < -0.3 is 0 Å². The van der Waals surface area contributed by atoms with Gasteiger partial charge in [0.1, 0.15) is 0 Å². The molecule has 0 nitrogen and oxygen atoms in total. The Morgan fingerprint density at radius 3 is 2.08 bits per heavy atom. The maximum absolute atomic E-state index is 12.3. The number of halogens is 4. The molecule has 0 aliphatic heterocycles. The summed E-state index contributed by atoms with van der Waals surface area (Å²) in [6.07, 6.45) is -4.29. The molecule has 72 valence electrons. The van der Waals surface area contributed by atoms with Crippen molar-refractivity contribution >= 4 is 11.6 Å². The highest BCUT2D eigenvalue weighted by Crippen LogP contribution is 2.34. The second-order valence-corrected chi connectivity index (χ2v) is 3.25. The van der Waals surface area contributed by atoms with Crippen LogP contribution in [-0.4, -0.2) is 0 Å². The van der Waals surface area contributed by atoms with Gasteiger partial charge in [-0.05, 0) is 37.1 Å². The van der Waals surface area contributed by atoms with Gasteiger partial charge in [0.15, 0.2) is 0 Å². The summed E-state index contributed by atoms with van der Waals surface area (Å²) in [5, 5.41) is 0.366. The molecule has 1 aromatic rings. The first-order valence-electron chi connectivity index (χ1n) is 3.67. The van der Waals surface area contributed by atoms with Gasteiger partial charge in [0.2, 0.25) is 0 Å². The minimum Gasteiger partial charge on any atom is -0.166 e. The van der Waals surface area contributed by atoms with E-state index in [4.69, 9.17) is 11.6 Å². The van der Waals surface area contributed by atoms with Crippen LogP contribution < -0.4 is 0 Å². The van der Waals surface area contributed by atoms with E-state index in [2.05, 4.69) is 0 Å². The summed E-state index contributed by atoms with van der Waals surface area (Å²) in [5.41, 5.74) is 0.0610. The number of hydrogen-bond acceptors (Lipinski definition) is 0. The van der Waals surface area contributed by atoms with Crippen molar-refractivity contribution in [2.45, 2.75) is 20.0 Å². The zero-order valence-corrected chi connectivity index (χ0v) is 7.92. The Balaban J connectivity index is 3.35. The van der Waals surface area contributed by atoms with Crippen LogP contribution >= 0.6 is 11.6 Å². The molecule has 0 N–H and O–H groups in total. The van der Waals surface area contributed by atoms with Crippen molar-refractivity contribution in [3.8, 4) is 0 Å². The van der Waals surface area contributed by atoms with Gasteiger partial charge in [-0.25, -0.2) is 0 Å². The highest BCUT2D eigenvalue weighted by atomic mass is 35.5. The Bertz CT molecular complexity index is 328. The van der Waals surface area contributed by atoms with E-state index in [1.165, 1.54) is 13.0 Å². The number of benzene rings is 1. The van der Waals surface area contributed by atoms with Crippen molar-refractivity contribution in [3.63, 3.8) is 0 Å². The highest BCUT2D eigenvalue weighted by Gasteiger charge is 2.32. The predicted octanol–water partition coefficient (Wildman–Crippen LogP) is 3.98. The predicted molar refractivity (Wildman–Crippen MR) is 45.9 cm³/mol. The standard InChI is InChI=1S/C9H8ClF3/c1-5-6(2)8(10)4-3-7(5)9(11,12)13/h3-4H,1-2H3. The molecule has 0 radical (unpaired) electrons. The summed E-state index contributed by atoms with van der Waals surface area (Å²) in [6, 6.07) is 2.28. The van der Waals surface area contributed by atoms with E-state index < -0.39 is 11.7 Å². The van der Waals surface area contributed by atoms with Crippen molar-refractivity contribution in [3.05, 3.63) is 33.8 Å². The van der Waals surface area contributed by atoms with Crippen LogP contribution in [0.3, 0.4) is 0 Å². The van der Waals surface area contributed by atoms with Crippen LogP contribution in [0.1, 0.15) is 16.7 Å². The normalized spacial score (nSPS) is 11.8. The molecule has 0 aromatic heterocycles. The fraction of sp³-hybridized carbons (Fsp3) is 0.333. The monoisotopic (exact) mass is 208 g/mol.